The molecule has 1 unspecified atom stereocenters. The zero-order valence-electron chi connectivity index (χ0n) is 13.0. The predicted octanol–water partition coefficient (Wildman–Crippen LogP) is 4.86. The zero-order valence-corrected chi connectivity index (χ0v) is 13.7. The fourth-order valence-corrected chi connectivity index (χ4v) is 2.77. The molecule has 0 bridgehead atoms. The lowest BCUT2D eigenvalue weighted by molar-refractivity contribution is 0.226. The maximum atomic E-state index is 13.8. The Morgan fingerprint density at radius 3 is 2.82 bits per heavy atom. The summed E-state index contributed by atoms with van der Waals surface area (Å²) in [4.78, 5) is 4.07. The van der Waals surface area contributed by atoms with Gasteiger partial charge in [-0.25, -0.2) is 9.37 Å². The molecule has 1 aromatic carbocycles. The van der Waals surface area contributed by atoms with Crippen LogP contribution in [0.25, 0.3) is 0 Å². The van der Waals surface area contributed by atoms with Gasteiger partial charge in [0.2, 0.25) is 0 Å². The van der Waals surface area contributed by atoms with Crippen molar-refractivity contribution in [3.05, 3.63) is 51.9 Å². The molecular formula is C17H20ClFN2O. The maximum absolute atomic E-state index is 13.8. The lowest BCUT2D eigenvalue weighted by Crippen LogP contribution is -2.10. The van der Waals surface area contributed by atoms with Crippen LogP contribution >= 0.6 is 11.6 Å². The Hall–Kier alpha value is -1.81. The molecule has 0 fully saturated rings. The highest BCUT2D eigenvalue weighted by Crippen LogP contribution is 2.34. The van der Waals surface area contributed by atoms with Crippen LogP contribution in [0.15, 0.2) is 24.4 Å². The van der Waals surface area contributed by atoms with Crippen molar-refractivity contribution in [2.45, 2.75) is 39.7 Å². The monoisotopic (exact) mass is 322 g/mol. The highest BCUT2D eigenvalue weighted by atomic mass is 35.5. The topological polar surface area (TPSA) is 48.1 Å². The Balaban J connectivity index is 2.38. The first kappa shape index (κ1) is 16.6. The van der Waals surface area contributed by atoms with Gasteiger partial charge in [-0.2, -0.15) is 0 Å². The average Bonchev–Trinajstić information content (AvgIpc) is 2.47. The Bertz CT molecular complexity index is 676. The number of pyridine rings is 1. The second-order valence-corrected chi connectivity index (χ2v) is 5.72. The molecule has 0 spiro atoms. The molecule has 0 aliphatic heterocycles. The number of ether oxygens (including phenoxy) is 1. The smallest absolute Gasteiger partial charge is 0.166 e. The number of hydrogen-bond acceptors (Lipinski definition) is 3. The number of aromatic nitrogens is 1. The van der Waals surface area contributed by atoms with Crippen molar-refractivity contribution in [3.8, 4) is 5.75 Å². The molecule has 0 saturated carbocycles. The van der Waals surface area contributed by atoms with Gasteiger partial charge < -0.3 is 10.5 Å². The van der Waals surface area contributed by atoms with Crippen LogP contribution < -0.4 is 10.5 Å². The third-order valence-corrected chi connectivity index (χ3v) is 3.86. The van der Waals surface area contributed by atoms with Crippen molar-refractivity contribution < 1.29 is 9.13 Å². The number of halogens is 2. The van der Waals surface area contributed by atoms with E-state index in [0.29, 0.717) is 17.1 Å². The SMILES string of the molecule is CCCc1ccc(F)c(Cl)c1C(C)Oc1cc(C)cnc1N. The lowest BCUT2D eigenvalue weighted by Gasteiger charge is -2.21. The van der Waals surface area contributed by atoms with Gasteiger partial charge >= 0.3 is 0 Å². The van der Waals surface area contributed by atoms with Crippen LogP contribution in [0.2, 0.25) is 5.02 Å². The molecule has 2 aromatic rings. The van der Waals surface area contributed by atoms with E-state index in [1.54, 1.807) is 12.3 Å². The number of nitrogens with two attached hydrogens (primary N) is 1. The Morgan fingerprint density at radius 1 is 1.41 bits per heavy atom. The van der Waals surface area contributed by atoms with E-state index < -0.39 is 11.9 Å². The molecule has 22 heavy (non-hydrogen) atoms. The fourth-order valence-electron chi connectivity index (χ4n) is 2.43. The first-order chi connectivity index (χ1) is 10.4. The standard InChI is InChI=1S/C17H20ClFN2O/c1-4-5-12-6-7-13(19)16(18)15(12)11(3)22-14-8-10(2)9-21-17(14)20/h6-9,11H,4-5H2,1-3H3,(H2,20,21). The highest BCUT2D eigenvalue weighted by Gasteiger charge is 2.20. The number of nitrogens with zero attached hydrogens (tertiary/aromatic N) is 1. The Morgan fingerprint density at radius 2 is 2.14 bits per heavy atom. The molecule has 1 heterocycles. The van der Waals surface area contributed by atoms with Crippen LogP contribution in [-0.2, 0) is 6.42 Å². The summed E-state index contributed by atoms with van der Waals surface area (Å²) in [6.07, 6.45) is 3.00. The van der Waals surface area contributed by atoms with E-state index in [-0.39, 0.29) is 5.02 Å². The van der Waals surface area contributed by atoms with Gasteiger partial charge in [0.25, 0.3) is 0 Å². The molecule has 2 N–H and O–H groups in total. The largest absolute Gasteiger partial charge is 0.482 e. The molecular weight excluding hydrogens is 303 g/mol. The number of anilines is 1. The van der Waals surface area contributed by atoms with E-state index >= 15 is 0 Å². The maximum Gasteiger partial charge on any atom is 0.166 e. The van der Waals surface area contributed by atoms with E-state index in [9.17, 15) is 4.39 Å². The van der Waals surface area contributed by atoms with Crippen LogP contribution in [0.1, 0.15) is 43.1 Å². The van der Waals surface area contributed by atoms with Crippen LogP contribution in [0.4, 0.5) is 10.2 Å². The van der Waals surface area contributed by atoms with Gasteiger partial charge in [-0.3, -0.25) is 0 Å². The summed E-state index contributed by atoms with van der Waals surface area (Å²) in [5.74, 6) is 0.347. The van der Waals surface area contributed by atoms with Crippen molar-refractivity contribution in [3.63, 3.8) is 0 Å². The van der Waals surface area contributed by atoms with Crippen molar-refractivity contribution >= 4 is 17.4 Å². The van der Waals surface area contributed by atoms with E-state index in [1.807, 2.05) is 19.9 Å². The van der Waals surface area contributed by atoms with Crippen molar-refractivity contribution in [1.82, 2.24) is 4.98 Å². The first-order valence-corrected chi connectivity index (χ1v) is 7.67. The van der Waals surface area contributed by atoms with Crippen LogP contribution in [0.5, 0.6) is 5.75 Å². The lowest BCUT2D eigenvalue weighted by atomic mass is 9.99. The van der Waals surface area contributed by atoms with Crippen LogP contribution in [0.3, 0.4) is 0 Å². The van der Waals surface area contributed by atoms with Gasteiger partial charge in [0.05, 0.1) is 5.02 Å². The van der Waals surface area contributed by atoms with Crippen molar-refractivity contribution in [2.75, 3.05) is 5.73 Å². The molecule has 1 atom stereocenters. The van der Waals surface area contributed by atoms with Crippen molar-refractivity contribution in [2.24, 2.45) is 0 Å². The fraction of sp³-hybridized carbons (Fsp3) is 0.353. The van der Waals surface area contributed by atoms with Gasteiger partial charge in [-0.15, -0.1) is 0 Å². The molecule has 0 aliphatic rings. The van der Waals surface area contributed by atoms with E-state index in [2.05, 4.69) is 11.9 Å². The summed E-state index contributed by atoms with van der Waals surface area (Å²) in [6, 6.07) is 4.97. The average molecular weight is 323 g/mol. The Labute approximate surface area is 135 Å². The summed E-state index contributed by atoms with van der Waals surface area (Å²) >= 11 is 6.16. The van der Waals surface area contributed by atoms with Gasteiger partial charge in [0.15, 0.2) is 11.6 Å². The van der Waals surface area contributed by atoms with Gasteiger partial charge in [0.1, 0.15) is 11.9 Å². The molecule has 5 heteroatoms. The van der Waals surface area contributed by atoms with E-state index in [1.165, 1.54) is 6.07 Å². The minimum atomic E-state index is -0.442. The normalized spacial score (nSPS) is 12.2. The molecule has 118 valence electrons. The van der Waals surface area contributed by atoms with E-state index in [0.717, 1.165) is 24.0 Å². The Kier molecular flexibility index (Phi) is 5.24. The van der Waals surface area contributed by atoms with Gasteiger partial charge in [-0.1, -0.05) is 31.0 Å². The quantitative estimate of drug-likeness (QED) is 0.855. The second kappa shape index (κ2) is 6.97. The molecule has 3 nitrogen and oxygen atoms in total. The molecule has 0 amide bonds. The number of aryl methyl sites for hydroxylation is 2. The van der Waals surface area contributed by atoms with Crippen LogP contribution in [-0.4, -0.2) is 4.98 Å². The second-order valence-electron chi connectivity index (χ2n) is 5.34. The first-order valence-electron chi connectivity index (χ1n) is 7.29. The zero-order chi connectivity index (χ0) is 16.3. The highest BCUT2D eigenvalue weighted by molar-refractivity contribution is 6.31. The molecule has 0 saturated heterocycles. The third-order valence-electron chi connectivity index (χ3n) is 3.47. The summed E-state index contributed by atoms with van der Waals surface area (Å²) in [5.41, 5.74) is 8.44. The van der Waals surface area contributed by atoms with E-state index in [4.69, 9.17) is 22.1 Å². The molecule has 1 aromatic heterocycles. The number of nitrogen functional groups attached to an aromatic ring is 1. The summed E-state index contributed by atoms with van der Waals surface area (Å²) in [7, 11) is 0. The number of benzene rings is 1. The number of rotatable bonds is 5. The number of hydrogen-bond donors (Lipinski definition) is 1. The predicted molar refractivity (Wildman–Crippen MR) is 87.8 cm³/mol. The molecule has 0 aliphatic carbocycles. The summed E-state index contributed by atoms with van der Waals surface area (Å²) < 4.78 is 19.7. The van der Waals surface area contributed by atoms with Crippen LogP contribution in [0, 0.1) is 12.7 Å². The molecule has 0 radical (unpaired) electrons. The minimum Gasteiger partial charge on any atom is -0.482 e. The van der Waals surface area contributed by atoms with Crippen molar-refractivity contribution in [1.29, 1.82) is 0 Å². The minimum absolute atomic E-state index is 0.109. The third kappa shape index (κ3) is 3.50. The van der Waals surface area contributed by atoms with Gasteiger partial charge in [0, 0.05) is 11.8 Å². The summed E-state index contributed by atoms with van der Waals surface area (Å²) in [5, 5.41) is 0.109. The van der Waals surface area contributed by atoms with Gasteiger partial charge in [-0.05, 0) is 43.5 Å². The molecule has 2 rings (SSSR count). The summed E-state index contributed by atoms with van der Waals surface area (Å²) in [6.45, 7) is 5.80.